The molecule has 0 spiro atoms. The minimum absolute atomic E-state index is 0.0535. The van der Waals surface area contributed by atoms with Crippen molar-refractivity contribution in [1.82, 2.24) is 10.2 Å². The summed E-state index contributed by atoms with van der Waals surface area (Å²) < 4.78 is 0. The largest absolute Gasteiger partial charge is 0.345 e. The van der Waals surface area contributed by atoms with E-state index in [1.807, 2.05) is 30.3 Å². The number of nitrogens with one attached hydrogen (secondary N) is 2. The second-order valence-corrected chi connectivity index (χ2v) is 7.01. The molecule has 0 aromatic heterocycles. The first-order valence-corrected chi connectivity index (χ1v) is 9.61. The van der Waals surface area contributed by atoms with Crippen molar-refractivity contribution in [2.24, 2.45) is 0 Å². The molecular formula is C22H27N3O2. The Kier molecular flexibility index (Phi) is 6.60. The van der Waals surface area contributed by atoms with Gasteiger partial charge in [0, 0.05) is 31.4 Å². The molecule has 0 unspecified atom stereocenters. The van der Waals surface area contributed by atoms with E-state index in [2.05, 4.69) is 46.7 Å². The van der Waals surface area contributed by atoms with Crippen LogP contribution in [0.25, 0.3) is 0 Å². The number of benzene rings is 2. The molecule has 1 heterocycles. The predicted octanol–water partition coefficient (Wildman–Crippen LogP) is 2.97. The van der Waals surface area contributed by atoms with Gasteiger partial charge in [-0.1, -0.05) is 49.4 Å². The van der Waals surface area contributed by atoms with Gasteiger partial charge in [-0.25, -0.2) is 0 Å². The molecule has 0 bridgehead atoms. The first-order chi connectivity index (χ1) is 13.1. The number of hydrogen-bond donors (Lipinski definition) is 2. The van der Waals surface area contributed by atoms with Gasteiger partial charge in [0.15, 0.2) is 0 Å². The fourth-order valence-corrected chi connectivity index (χ4v) is 3.34. The Labute approximate surface area is 160 Å². The lowest BCUT2D eigenvalue weighted by molar-refractivity contribution is -0.136. The van der Waals surface area contributed by atoms with Crippen LogP contribution in [-0.2, 0) is 22.6 Å². The van der Waals surface area contributed by atoms with Crippen molar-refractivity contribution in [3.05, 3.63) is 65.7 Å². The summed E-state index contributed by atoms with van der Waals surface area (Å²) in [5, 5.41) is 5.53. The van der Waals surface area contributed by atoms with Gasteiger partial charge in [0.25, 0.3) is 0 Å². The van der Waals surface area contributed by atoms with E-state index in [0.717, 1.165) is 38.9 Å². The molecule has 2 aromatic rings. The molecule has 1 aliphatic heterocycles. The van der Waals surface area contributed by atoms with Crippen LogP contribution in [0.1, 0.15) is 30.9 Å². The van der Waals surface area contributed by atoms with Crippen LogP contribution < -0.4 is 10.6 Å². The Hall–Kier alpha value is -2.66. The fourth-order valence-electron chi connectivity index (χ4n) is 3.34. The summed E-state index contributed by atoms with van der Waals surface area (Å²) >= 11 is 0. The van der Waals surface area contributed by atoms with Crippen molar-refractivity contribution in [2.75, 3.05) is 18.4 Å². The molecule has 142 valence electrons. The van der Waals surface area contributed by atoms with E-state index in [4.69, 9.17) is 0 Å². The van der Waals surface area contributed by atoms with Crippen LogP contribution in [0.3, 0.4) is 0 Å². The molecule has 0 atom stereocenters. The number of piperidine rings is 1. The van der Waals surface area contributed by atoms with Gasteiger partial charge < -0.3 is 10.6 Å². The van der Waals surface area contributed by atoms with E-state index in [-0.39, 0.29) is 6.04 Å². The molecule has 1 fully saturated rings. The van der Waals surface area contributed by atoms with Gasteiger partial charge in [0.2, 0.25) is 0 Å². The highest BCUT2D eigenvalue weighted by molar-refractivity contribution is 6.39. The molecule has 0 radical (unpaired) electrons. The summed E-state index contributed by atoms with van der Waals surface area (Å²) in [6.07, 6.45) is 2.66. The number of aryl methyl sites for hydroxylation is 1. The van der Waals surface area contributed by atoms with Crippen molar-refractivity contribution in [3.63, 3.8) is 0 Å². The molecule has 0 saturated carbocycles. The van der Waals surface area contributed by atoms with E-state index in [0.29, 0.717) is 5.69 Å². The van der Waals surface area contributed by atoms with Crippen molar-refractivity contribution in [1.29, 1.82) is 0 Å². The Morgan fingerprint density at radius 2 is 1.59 bits per heavy atom. The normalized spacial score (nSPS) is 15.3. The Balaban J connectivity index is 1.42. The van der Waals surface area contributed by atoms with Crippen LogP contribution in [0.2, 0.25) is 0 Å². The van der Waals surface area contributed by atoms with Crippen LogP contribution in [0.15, 0.2) is 54.6 Å². The zero-order valence-corrected chi connectivity index (χ0v) is 15.8. The second kappa shape index (κ2) is 9.33. The number of rotatable bonds is 5. The third-order valence-electron chi connectivity index (χ3n) is 5.00. The number of carbonyl (C=O) groups is 2. The monoisotopic (exact) mass is 365 g/mol. The molecule has 2 amide bonds. The number of amides is 2. The lowest BCUT2D eigenvalue weighted by atomic mass is 10.0. The van der Waals surface area contributed by atoms with Crippen LogP contribution in [0, 0.1) is 0 Å². The van der Waals surface area contributed by atoms with Gasteiger partial charge in [-0.2, -0.15) is 0 Å². The number of nitrogens with zero attached hydrogens (tertiary/aromatic N) is 1. The lowest BCUT2D eigenvalue weighted by Crippen LogP contribution is -2.47. The first-order valence-electron chi connectivity index (χ1n) is 9.61. The van der Waals surface area contributed by atoms with Crippen molar-refractivity contribution >= 4 is 17.5 Å². The Bertz CT molecular complexity index is 751. The van der Waals surface area contributed by atoms with E-state index in [1.54, 1.807) is 0 Å². The van der Waals surface area contributed by atoms with Crippen LogP contribution in [-0.4, -0.2) is 35.8 Å². The average molecular weight is 365 g/mol. The van der Waals surface area contributed by atoms with Gasteiger partial charge in [-0.15, -0.1) is 0 Å². The second-order valence-electron chi connectivity index (χ2n) is 7.01. The molecule has 5 heteroatoms. The van der Waals surface area contributed by atoms with Crippen molar-refractivity contribution in [3.8, 4) is 0 Å². The maximum absolute atomic E-state index is 12.2. The molecule has 2 aromatic carbocycles. The summed E-state index contributed by atoms with van der Waals surface area (Å²) in [4.78, 5) is 26.7. The number of anilines is 1. The summed E-state index contributed by atoms with van der Waals surface area (Å²) in [7, 11) is 0. The van der Waals surface area contributed by atoms with E-state index >= 15 is 0 Å². The number of carbonyl (C=O) groups excluding carboxylic acids is 2. The summed E-state index contributed by atoms with van der Waals surface area (Å²) in [6.45, 7) is 4.84. The van der Waals surface area contributed by atoms with Gasteiger partial charge in [0.1, 0.15) is 0 Å². The Morgan fingerprint density at radius 3 is 2.22 bits per heavy atom. The molecule has 1 saturated heterocycles. The Morgan fingerprint density at radius 1 is 0.926 bits per heavy atom. The van der Waals surface area contributed by atoms with Crippen LogP contribution in [0.5, 0.6) is 0 Å². The van der Waals surface area contributed by atoms with E-state index in [1.165, 1.54) is 11.1 Å². The van der Waals surface area contributed by atoms with E-state index < -0.39 is 11.8 Å². The highest BCUT2D eigenvalue weighted by Gasteiger charge is 2.23. The quantitative estimate of drug-likeness (QED) is 0.801. The molecule has 0 aliphatic carbocycles. The summed E-state index contributed by atoms with van der Waals surface area (Å²) in [5.74, 6) is -1.16. The third kappa shape index (κ3) is 5.66. The maximum Gasteiger partial charge on any atom is 0.313 e. The third-order valence-corrected chi connectivity index (χ3v) is 5.00. The molecular weight excluding hydrogens is 338 g/mol. The van der Waals surface area contributed by atoms with Gasteiger partial charge >= 0.3 is 11.8 Å². The van der Waals surface area contributed by atoms with Gasteiger partial charge in [0.05, 0.1) is 0 Å². The van der Waals surface area contributed by atoms with Crippen LogP contribution >= 0.6 is 0 Å². The van der Waals surface area contributed by atoms with Crippen LogP contribution in [0.4, 0.5) is 5.69 Å². The van der Waals surface area contributed by atoms with Crippen molar-refractivity contribution in [2.45, 2.75) is 38.8 Å². The maximum atomic E-state index is 12.2. The molecule has 1 aliphatic rings. The minimum Gasteiger partial charge on any atom is -0.345 e. The highest BCUT2D eigenvalue weighted by Crippen LogP contribution is 2.14. The molecule has 3 rings (SSSR count). The fraction of sp³-hybridized carbons (Fsp3) is 0.364. The SMILES string of the molecule is CCc1ccc(NC(=O)C(=O)NC2CCN(Cc3ccccc3)CC2)cc1. The molecule has 27 heavy (non-hydrogen) atoms. The standard InChI is InChI=1S/C22H27N3O2/c1-2-17-8-10-19(11-9-17)23-21(26)22(27)24-20-12-14-25(15-13-20)16-18-6-4-3-5-7-18/h3-11,20H,2,12-16H2,1H3,(H,23,26)(H,24,27). The minimum atomic E-state index is -0.606. The predicted molar refractivity (Wildman–Crippen MR) is 107 cm³/mol. The highest BCUT2D eigenvalue weighted by atomic mass is 16.2. The lowest BCUT2D eigenvalue weighted by Gasteiger charge is -2.32. The van der Waals surface area contributed by atoms with Gasteiger partial charge in [-0.05, 0) is 42.5 Å². The smallest absolute Gasteiger partial charge is 0.313 e. The zero-order valence-electron chi connectivity index (χ0n) is 15.8. The average Bonchev–Trinajstić information content (AvgIpc) is 2.71. The molecule has 2 N–H and O–H groups in total. The first kappa shape index (κ1) is 19.1. The zero-order chi connectivity index (χ0) is 19.1. The van der Waals surface area contributed by atoms with Gasteiger partial charge in [-0.3, -0.25) is 14.5 Å². The van der Waals surface area contributed by atoms with E-state index in [9.17, 15) is 9.59 Å². The van der Waals surface area contributed by atoms with Crippen molar-refractivity contribution < 1.29 is 9.59 Å². The molecule has 5 nitrogen and oxygen atoms in total. The topological polar surface area (TPSA) is 61.4 Å². The summed E-state index contributed by atoms with van der Waals surface area (Å²) in [6, 6.07) is 18.0. The number of likely N-dealkylation sites (tertiary alicyclic amines) is 1. The summed E-state index contributed by atoms with van der Waals surface area (Å²) in [5.41, 5.74) is 3.14. The number of hydrogen-bond acceptors (Lipinski definition) is 3.